The Morgan fingerprint density at radius 3 is 2.41 bits per heavy atom. The van der Waals surface area contributed by atoms with Gasteiger partial charge in [-0.05, 0) is 67.3 Å². The number of ether oxygens (including phenoxy) is 3. The summed E-state index contributed by atoms with van der Waals surface area (Å²) >= 11 is 0. The zero-order chi connectivity index (χ0) is 22.8. The summed E-state index contributed by atoms with van der Waals surface area (Å²) < 4.78 is 17.0. The Labute approximate surface area is 189 Å². The Morgan fingerprint density at radius 2 is 1.72 bits per heavy atom. The molecule has 2 aliphatic rings. The second-order valence-corrected chi connectivity index (χ2v) is 9.58. The topological polar surface area (TPSA) is 61.8 Å². The molecule has 2 saturated carbocycles. The van der Waals surface area contributed by atoms with Gasteiger partial charge in [0, 0.05) is 6.08 Å². The fourth-order valence-corrected chi connectivity index (χ4v) is 4.29. The Balaban J connectivity index is 1.29. The van der Waals surface area contributed by atoms with Gasteiger partial charge in [0.1, 0.15) is 23.7 Å². The van der Waals surface area contributed by atoms with Gasteiger partial charge in [-0.2, -0.15) is 0 Å². The van der Waals surface area contributed by atoms with Gasteiger partial charge in [-0.15, -0.1) is 0 Å². The third-order valence-corrected chi connectivity index (χ3v) is 6.62. The van der Waals surface area contributed by atoms with Crippen molar-refractivity contribution in [2.75, 3.05) is 0 Å². The minimum Gasteiger partial charge on any atom is -0.461 e. The van der Waals surface area contributed by atoms with Crippen molar-refractivity contribution in [2.45, 2.75) is 52.2 Å². The third kappa shape index (κ3) is 5.04. The lowest BCUT2D eigenvalue weighted by Gasteiger charge is -2.37. The molecule has 2 aliphatic carbocycles. The van der Waals surface area contributed by atoms with Crippen LogP contribution in [0, 0.1) is 17.3 Å². The molecule has 2 aromatic rings. The van der Waals surface area contributed by atoms with Crippen molar-refractivity contribution in [1.29, 1.82) is 0 Å². The molecule has 5 heteroatoms. The smallest absolute Gasteiger partial charge is 0.330 e. The zero-order valence-electron chi connectivity index (χ0n) is 18.9. The highest BCUT2D eigenvalue weighted by Crippen LogP contribution is 2.59. The Bertz CT molecular complexity index is 1000. The van der Waals surface area contributed by atoms with Crippen LogP contribution in [0.15, 0.2) is 66.7 Å². The van der Waals surface area contributed by atoms with Crippen molar-refractivity contribution in [3.05, 3.63) is 72.3 Å². The average molecular weight is 435 g/mol. The summed E-state index contributed by atoms with van der Waals surface area (Å²) in [4.78, 5) is 24.8. The first-order valence-electron chi connectivity index (χ1n) is 11.2. The Morgan fingerprint density at radius 1 is 1.00 bits per heavy atom. The van der Waals surface area contributed by atoms with Gasteiger partial charge in [0.2, 0.25) is 0 Å². The van der Waals surface area contributed by atoms with E-state index in [0.717, 1.165) is 30.6 Å². The van der Waals surface area contributed by atoms with Gasteiger partial charge in [-0.3, -0.25) is 4.79 Å². The number of carbonyl (C=O) groups excluding carboxylic acids is 2. The monoisotopic (exact) mass is 434 g/mol. The SMILES string of the molecule is CC1(OC(=O)C=C[C@H]2[C@@H](C(=O)OCc3cccc(Oc4ccccc4)c3)C2(C)C)CCC1. The van der Waals surface area contributed by atoms with Crippen molar-refractivity contribution in [3.8, 4) is 11.5 Å². The number of para-hydroxylation sites is 1. The summed E-state index contributed by atoms with van der Waals surface area (Å²) in [5.74, 6) is 0.548. The Hall–Kier alpha value is -3.08. The third-order valence-electron chi connectivity index (χ3n) is 6.62. The minimum atomic E-state index is -0.336. The second kappa shape index (κ2) is 8.81. The quantitative estimate of drug-likeness (QED) is 0.386. The number of benzene rings is 2. The maximum atomic E-state index is 12.7. The standard InChI is InChI=1S/C27H30O5/c1-26(2)22(13-14-23(28)32-27(3)15-8-16-27)24(26)25(29)30-18-19-9-7-12-21(17-19)31-20-10-5-4-6-11-20/h4-7,9-14,17,22,24H,8,15-16,18H2,1-3H3/t22-,24-/m0/s1. The summed E-state index contributed by atoms with van der Waals surface area (Å²) in [6.07, 6.45) is 6.18. The van der Waals surface area contributed by atoms with E-state index in [1.165, 1.54) is 6.08 Å². The molecule has 2 fully saturated rings. The van der Waals surface area contributed by atoms with Crippen LogP contribution in [0.25, 0.3) is 0 Å². The Kier molecular flexibility index (Phi) is 6.09. The molecule has 0 aliphatic heterocycles. The summed E-state index contributed by atoms with van der Waals surface area (Å²) in [6, 6.07) is 17.0. The maximum Gasteiger partial charge on any atom is 0.330 e. The average Bonchev–Trinajstić information content (AvgIpc) is 3.30. The molecule has 0 unspecified atom stereocenters. The molecule has 5 nitrogen and oxygen atoms in total. The second-order valence-electron chi connectivity index (χ2n) is 9.58. The van der Waals surface area contributed by atoms with Crippen LogP contribution in [0.3, 0.4) is 0 Å². The van der Waals surface area contributed by atoms with Crippen molar-refractivity contribution in [2.24, 2.45) is 17.3 Å². The molecule has 0 heterocycles. The molecular formula is C27H30O5. The first-order chi connectivity index (χ1) is 15.3. The maximum absolute atomic E-state index is 12.7. The van der Waals surface area contributed by atoms with E-state index in [0.29, 0.717) is 5.75 Å². The van der Waals surface area contributed by atoms with Crippen LogP contribution in [-0.4, -0.2) is 17.5 Å². The first kappa shape index (κ1) is 22.1. The van der Waals surface area contributed by atoms with E-state index >= 15 is 0 Å². The van der Waals surface area contributed by atoms with Crippen molar-refractivity contribution < 1.29 is 23.8 Å². The predicted molar refractivity (Wildman–Crippen MR) is 121 cm³/mol. The van der Waals surface area contributed by atoms with Crippen molar-refractivity contribution >= 4 is 11.9 Å². The minimum absolute atomic E-state index is 0.0375. The molecule has 168 valence electrons. The van der Waals surface area contributed by atoms with E-state index in [-0.39, 0.29) is 41.4 Å². The number of hydrogen-bond donors (Lipinski definition) is 0. The highest BCUT2D eigenvalue weighted by molar-refractivity contribution is 5.83. The zero-order valence-corrected chi connectivity index (χ0v) is 18.9. The van der Waals surface area contributed by atoms with Crippen LogP contribution in [0.2, 0.25) is 0 Å². The normalized spacial score (nSPS) is 22.6. The molecule has 2 atom stereocenters. The lowest BCUT2D eigenvalue weighted by molar-refractivity contribution is -0.160. The number of esters is 2. The van der Waals surface area contributed by atoms with E-state index in [1.54, 1.807) is 6.08 Å². The van der Waals surface area contributed by atoms with Crippen LogP contribution in [0.4, 0.5) is 0 Å². The summed E-state index contributed by atoms with van der Waals surface area (Å²) in [5, 5.41) is 0. The molecule has 32 heavy (non-hydrogen) atoms. The van der Waals surface area contributed by atoms with Gasteiger partial charge in [-0.25, -0.2) is 4.79 Å². The van der Waals surface area contributed by atoms with E-state index in [4.69, 9.17) is 14.2 Å². The number of rotatable bonds is 8. The number of carbonyl (C=O) groups is 2. The van der Waals surface area contributed by atoms with Gasteiger partial charge < -0.3 is 14.2 Å². The molecule has 0 radical (unpaired) electrons. The van der Waals surface area contributed by atoms with E-state index in [2.05, 4.69) is 0 Å². The molecule has 2 aromatic carbocycles. The highest BCUT2D eigenvalue weighted by atomic mass is 16.6. The fourth-order valence-electron chi connectivity index (χ4n) is 4.29. The predicted octanol–water partition coefficient (Wildman–Crippen LogP) is 5.84. The fraction of sp³-hybridized carbons (Fsp3) is 0.407. The van der Waals surface area contributed by atoms with Gasteiger partial charge in [0.05, 0.1) is 5.92 Å². The van der Waals surface area contributed by atoms with E-state index < -0.39 is 0 Å². The molecule has 0 amide bonds. The molecule has 0 aromatic heterocycles. The summed E-state index contributed by atoms with van der Waals surface area (Å²) in [6.45, 7) is 6.17. The summed E-state index contributed by atoms with van der Waals surface area (Å²) in [5.41, 5.74) is 0.291. The van der Waals surface area contributed by atoms with E-state index in [9.17, 15) is 9.59 Å². The van der Waals surface area contributed by atoms with E-state index in [1.807, 2.05) is 75.4 Å². The highest BCUT2D eigenvalue weighted by Gasteiger charge is 2.61. The number of allylic oxidation sites excluding steroid dienone is 1. The molecule has 0 N–H and O–H groups in total. The largest absolute Gasteiger partial charge is 0.461 e. The van der Waals surface area contributed by atoms with Crippen LogP contribution < -0.4 is 4.74 Å². The van der Waals surface area contributed by atoms with Crippen LogP contribution >= 0.6 is 0 Å². The number of hydrogen-bond acceptors (Lipinski definition) is 5. The molecule has 0 bridgehead atoms. The lowest BCUT2D eigenvalue weighted by Crippen LogP contribution is -2.38. The first-order valence-corrected chi connectivity index (χ1v) is 11.2. The summed E-state index contributed by atoms with van der Waals surface area (Å²) in [7, 11) is 0. The van der Waals surface area contributed by atoms with Gasteiger partial charge in [0.25, 0.3) is 0 Å². The van der Waals surface area contributed by atoms with Crippen molar-refractivity contribution in [1.82, 2.24) is 0 Å². The van der Waals surface area contributed by atoms with Gasteiger partial charge >= 0.3 is 11.9 Å². The van der Waals surface area contributed by atoms with Gasteiger partial charge in [0.15, 0.2) is 0 Å². The molecular weight excluding hydrogens is 404 g/mol. The molecule has 4 rings (SSSR count). The molecule has 0 spiro atoms. The van der Waals surface area contributed by atoms with Gasteiger partial charge in [-0.1, -0.05) is 50.3 Å². The van der Waals surface area contributed by atoms with Crippen molar-refractivity contribution in [3.63, 3.8) is 0 Å². The lowest BCUT2D eigenvalue weighted by atomic mass is 9.82. The molecule has 0 saturated heterocycles. The van der Waals surface area contributed by atoms with Crippen LogP contribution in [0.1, 0.15) is 45.6 Å². The van der Waals surface area contributed by atoms with Crippen LogP contribution in [0.5, 0.6) is 11.5 Å². The van der Waals surface area contributed by atoms with Crippen LogP contribution in [-0.2, 0) is 25.7 Å².